The Kier molecular flexibility index (Phi) is 7.05. The fourth-order valence-corrected chi connectivity index (χ4v) is 0.749. The fourth-order valence-electron chi connectivity index (χ4n) is 0.749. The zero-order valence-electron chi connectivity index (χ0n) is 8.70. The van der Waals surface area contributed by atoms with Crippen LogP contribution in [0, 0.1) is 5.41 Å². The standard InChI is InChI=1S/C11H17N3/c1-3-10(2)5-4-6-11(9-13)14-8-7-12/h3-5,7-9,13H,6,12H2,1-2H3/b5-4-,8-7-,10-3-,13-9?,14-11?. The topological polar surface area (TPSA) is 62.2 Å². The summed E-state index contributed by atoms with van der Waals surface area (Å²) in [4.78, 5) is 3.98. The van der Waals surface area contributed by atoms with Crippen molar-refractivity contribution in [1.29, 1.82) is 5.41 Å². The lowest BCUT2D eigenvalue weighted by Gasteiger charge is -1.92. The minimum absolute atomic E-state index is 0.652. The van der Waals surface area contributed by atoms with Crippen LogP contribution in [-0.2, 0) is 0 Å². The summed E-state index contributed by atoms with van der Waals surface area (Å²) in [5.41, 5.74) is 7.02. The van der Waals surface area contributed by atoms with Gasteiger partial charge in [0, 0.05) is 25.0 Å². The molecule has 14 heavy (non-hydrogen) atoms. The Labute approximate surface area is 85.2 Å². The number of nitrogens with zero attached hydrogens (tertiary/aromatic N) is 1. The molecule has 0 saturated carbocycles. The zero-order chi connectivity index (χ0) is 10.8. The molecule has 0 aliphatic rings. The van der Waals surface area contributed by atoms with E-state index >= 15 is 0 Å². The summed E-state index contributed by atoms with van der Waals surface area (Å²) < 4.78 is 0. The van der Waals surface area contributed by atoms with Crippen molar-refractivity contribution in [1.82, 2.24) is 0 Å². The van der Waals surface area contributed by atoms with Gasteiger partial charge in [0.05, 0.1) is 5.71 Å². The van der Waals surface area contributed by atoms with Crippen LogP contribution in [0.15, 0.2) is 41.2 Å². The normalized spacial score (nSPS) is 14.1. The van der Waals surface area contributed by atoms with Gasteiger partial charge in [0.15, 0.2) is 0 Å². The number of rotatable bonds is 5. The molecule has 0 spiro atoms. The maximum atomic E-state index is 7.09. The molecule has 3 N–H and O–H groups in total. The SMILES string of the molecule is C/C=C(C)\C=C/CC(C=N)=N/C=C\N. The molecule has 3 nitrogen and oxygen atoms in total. The molecular formula is C11H17N3. The van der Waals surface area contributed by atoms with Gasteiger partial charge in [0.2, 0.25) is 0 Å². The summed E-state index contributed by atoms with van der Waals surface area (Å²) in [5, 5.41) is 7.09. The maximum Gasteiger partial charge on any atom is 0.0617 e. The van der Waals surface area contributed by atoms with Gasteiger partial charge in [-0.2, -0.15) is 0 Å². The Bertz CT molecular complexity index is 283. The zero-order valence-corrected chi connectivity index (χ0v) is 8.70. The maximum absolute atomic E-state index is 7.09. The van der Waals surface area contributed by atoms with E-state index in [1.807, 2.05) is 32.1 Å². The van der Waals surface area contributed by atoms with E-state index in [0.29, 0.717) is 12.1 Å². The van der Waals surface area contributed by atoms with Crippen LogP contribution in [0.2, 0.25) is 0 Å². The van der Waals surface area contributed by atoms with Crippen LogP contribution in [0.3, 0.4) is 0 Å². The van der Waals surface area contributed by atoms with E-state index in [1.165, 1.54) is 24.2 Å². The summed E-state index contributed by atoms with van der Waals surface area (Å²) in [6.45, 7) is 4.01. The molecule has 0 aliphatic carbocycles. The van der Waals surface area contributed by atoms with E-state index in [4.69, 9.17) is 11.1 Å². The van der Waals surface area contributed by atoms with Crippen molar-refractivity contribution in [2.24, 2.45) is 10.7 Å². The molecule has 0 rings (SSSR count). The van der Waals surface area contributed by atoms with Crippen molar-refractivity contribution in [3.63, 3.8) is 0 Å². The lowest BCUT2D eigenvalue weighted by atomic mass is 10.2. The van der Waals surface area contributed by atoms with Crippen molar-refractivity contribution in [2.45, 2.75) is 20.3 Å². The lowest BCUT2D eigenvalue weighted by Crippen LogP contribution is -1.96. The van der Waals surface area contributed by atoms with Gasteiger partial charge in [-0.3, -0.25) is 4.99 Å². The molecule has 0 bridgehead atoms. The molecule has 0 unspecified atom stereocenters. The highest BCUT2D eigenvalue weighted by Gasteiger charge is 1.88. The molecular weight excluding hydrogens is 174 g/mol. The van der Waals surface area contributed by atoms with Gasteiger partial charge < -0.3 is 11.1 Å². The number of nitrogens with two attached hydrogens (primary N) is 1. The van der Waals surface area contributed by atoms with Gasteiger partial charge in [-0.25, -0.2) is 0 Å². The van der Waals surface area contributed by atoms with Crippen molar-refractivity contribution in [2.75, 3.05) is 0 Å². The minimum atomic E-state index is 0.652. The Morgan fingerprint density at radius 2 is 2.21 bits per heavy atom. The monoisotopic (exact) mass is 191 g/mol. The summed E-state index contributed by atoms with van der Waals surface area (Å²) in [7, 11) is 0. The molecule has 0 aliphatic heterocycles. The third-order valence-electron chi connectivity index (χ3n) is 1.66. The highest BCUT2D eigenvalue weighted by Crippen LogP contribution is 1.96. The number of aliphatic imine (C=N–C) groups is 1. The molecule has 0 fully saturated rings. The van der Waals surface area contributed by atoms with Crippen LogP contribution in [0.25, 0.3) is 0 Å². The van der Waals surface area contributed by atoms with Gasteiger partial charge >= 0.3 is 0 Å². The van der Waals surface area contributed by atoms with Gasteiger partial charge in [0.1, 0.15) is 0 Å². The predicted octanol–water partition coefficient (Wildman–Crippen LogP) is 2.42. The second-order valence-electron chi connectivity index (χ2n) is 2.75. The van der Waals surface area contributed by atoms with Crippen LogP contribution in [0.4, 0.5) is 0 Å². The highest BCUT2D eigenvalue weighted by atomic mass is 14.7. The first-order chi connectivity index (χ1) is 6.74. The minimum Gasteiger partial charge on any atom is -0.403 e. The second kappa shape index (κ2) is 7.98. The Balaban J connectivity index is 4.21. The first kappa shape index (κ1) is 12.4. The molecule has 3 heteroatoms. The number of nitrogens with one attached hydrogen (secondary N) is 1. The van der Waals surface area contributed by atoms with Crippen molar-refractivity contribution in [3.8, 4) is 0 Å². The first-order valence-electron chi connectivity index (χ1n) is 4.48. The average Bonchev–Trinajstić information content (AvgIpc) is 2.22. The van der Waals surface area contributed by atoms with E-state index in [0.717, 1.165) is 0 Å². The fraction of sp³-hybridized carbons (Fsp3) is 0.273. The molecule has 0 aromatic rings. The molecule has 76 valence electrons. The first-order valence-corrected chi connectivity index (χ1v) is 4.48. The Morgan fingerprint density at radius 3 is 2.71 bits per heavy atom. The molecule has 0 aromatic heterocycles. The van der Waals surface area contributed by atoms with Gasteiger partial charge in [-0.1, -0.05) is 23.8 Å². The van der Waals surface area contributed by atoms with Gasteiger partial charge in [0.25, 0.3) is 0 Å². The van der Waals surface area contributed by atoms with Crippen molar-refractivity contribution in [3.05, 3.63) is 36.2 Å². The van der Waals surface area contributed by atoms with Crippen molar-refractivity contribution >= 4 is 11.9 Å². The summed E-state index contributed by atoms with van der Waals surface area (Å²) in [5.74, 6) is 0. The number of allylic oxidation sites excluding steroid dienone is 4. The largest absolute Gasteiger partial charge is 0.403 e. The van der Waals surface area contributed by atoms with Gasteiger partial charge in [-0.15, -0.1) is 0 Å². The van der Waals surface area contributed by atoms with Crippen molar-refractivity contribution < 1.29 is 0 Å². The molecule has 0 radical (unpaired) electrons. The predicted molar refractivity (Wildman–Crippen MR) is 62.7 cm³/mol. The second-order valence-corrected chi connectivity index (χ2v) is 2.75. The van der Waals surface area contributed by atoms with E-state index in [9.17, 15) is 0 Å². The molecule has 0 atom stereocenters. The molecule has 0 heterocycles. The van der Waals surface area contributed by atoms with Crippen LogP contribution in [0.1, 0.15) is 20.3 Å². The van der Waals surface area contributed by atoms with E-state index in [2.05, 4.69) is 4.99 Å². The van der Waals surface area contributed by atoms with Crippen LogP contribution in [0.5, 0.6) is 0 Å². The molecule has 0 aromatic carbocycles. The Morgan fingerprint density at radius 1 is 1.50 bits per heavy atom. The van der Waals surface area contributed by atoms with E-state index in [-0.39, 0.29) is 0 Å². The van der Waals surface area contributed by atoms with E-state index < -0.39 is 0 Å². The van der Waals surface area contributed by atoms with Crippen LogP contribution in [-0.4, -0.2) is 11.9 Å². The number of hydrogen-bond acceptors (Lipinski definition) is 3. The highest BCUT2D eigenvalue weighted by molar-refractivity contribution is 6.30. The summed E-state index contributed by atoms with van der Waals surface area (Å²) in [6, 6.07) is 0. The smallest absolute Gasteiger partial charge is 0.0617 e. The third kappa shape index (κ3) is 5.94. The van der Waals surface area contributed by atoms with Gasteiger partial charge in [-0.05, 0) is 13.8 Å². The molecule has 0 amide bonds. The number of hydrogen-bond donors (Lipinski definition) is 2. The quantitative estimate of drug-likeness (QED) is 0.508. The van der Waals surface area contributed by atoms with Crippen LogP contribution < -0.4 is 5.73 Å². The average molecular weight is 191 g/mol. The third-order valence-corrected chi connectivity index (χ3v) is 1.66. The van der Waals surface area contributed by atoms with Crippen LogP contribution >= 0.6 is 0 Å². The molecule has 0 saturated heterocycles. The Hall–Kier alpha value is -1.64. The summed E-state index contributed by atoms with van der Waals surface area (Å²) in [6.07, 6.45) is 10.7. The summed E-state index contributed by atoms with van der Waals surface area (Å²) >= 11 is 0. The van der Waals surface area contributed by atoms with E-state index in [1.54, 1.807) is 0 Å². The lowest BCUT2D eigenvalue weighted by molar-refractivity contribution is 1.38.